The van der Waals surface area contributed by atoms with Gasteiger partial charge in [0.25, 0.3) is 0 Å². The Kier molecular flexibility index (Phi) is 4.33. The maximum atomic E-state index is 11.9. The van der Waals surface area contributed by atoms with Crippen LogP contribution in [-0.4, -0.2) is 60.6 Å². The van der Waals surface area contributed by atoms with Gasteiger partial charge in [-0.2, -0.15) is 0 Å². The van der Waals surface area contributed by atoms with Gasteiger partial charge in [-0.25, -0.2) is 0 Å². The maximum absolute atomic E-state index is 11.9. The van der Waals surface area contributed by atoms with Crippen molar-refractivity contribution >= 4 is 5.91 Å². The standard InChI is InChI=1S/C12H24N2O2/c1-10-8-14(7-6-13(10)5)11(15)9-16-12(2,3)4/h10H,6-9H2,1-5H3. The molecular weight excluding hydrogens is 204 g/mol. The summed E-state index contributed by atoms with van der Waals surface area (Å²) >= 11 is 0. The monoisotopic (exact) mass is 228 g/mol. The molecule has 0 aromatic rings. The Balaban J connectivity index is 2.38. The van der Waals surface area contributed by atoms with Crippen LogP contribution in [0, 0.1) is 0 Å². The topological polar surface area (TPSA) is 32.8 Å². The molecule has 1 aliphatic heterocycles. The number of likely N-dealkylation sites (N-methyl/N-ethyl adjacent to an activating group) is 1. The lowest BCUT2D eigenvalue weighted by molar-refractivity contribution is -0.143. The van der Waals surface area contributed by atoms with Crippen molar-refractivity contribution in [1.82, 2.24) is 9.80 Å². The zero-order valence-corrected chi connectivity index (χ0v) is 11.1. The molecule has 0 saturated carbocycles. The van der Waals surface area contributed by atoms with Gasteiger partial charge < -0.3 is 14.5 Å². The van der Waals surface area contributed by atoms with E-state index in [9.17, 15) is 4.79 Å². The minimum Gasteiger partial charge on any atom is -0.366 e. The van der Waals surface area contributed by atoms with Crippen LogP contribution in [0.3, 0.4) is 0 Å². The van der Waals surface area contributed by atoms with Gasteiger partial charge >= 0.3 is 0 Å². The molecule has 1 fully saturated rings. The number of rotatable bonds is 2. The largest absolute Gasteiger partial charge is 0.366 e. The highest BCUT2D eigenvalue weighted by atomic mass is 16.5. The van der Waals surface area contributed by atoms with E-state index in [-0.39, 0.29) is 18.1 Å². The Hall–Kier alpha value is -0.610. The van der Waals surface area contributed by atoms with Gasteiger partial charge in [-0.05, 0) is 34.7 Å². The third kappa shape index (κ3) is 4.10. The van der Waals surface area contributed by atoms with Crippen molar-refractivity contribution in [1.29, 1.82) is 0 Å². The number of ether oxygens (including phenoxy) is 1. The summed E-state index contributed by atoms with van der Waals surface area (Å²) in [7, 11) is 2.10. The zero-order valence-electron chi connectivity index (χ0n) is 11.1. The van der Waals surface area contributed by atoms with E-state index in [2.05, 4.69) is 18.9 Å². The van der Waals surface area contributed by atoms with E-state index in [0.29, 0.717) is 6.04 Å². The summed E-state index contributed by atoms with van der Waals surface area (Å²) in [6.45, 7) is 10.8. The van der Waals surface area contributed by atoms with Crippen LogP contribution in [0.4, 0.5) is 0 Å². The molecule has 4 nitrogen and oxygen atoms in total. The second kappa shape index (κ2) is 5.15. The van der Waals surface area contributed by atoms with Gasteiger partial charge in [0.15, 0.2) is 0 Å². The van der Waals surface area contributed by atoms with Gasteiger partial charge in [0.2, 0.25) is 5.91 Å². The molecule has 1 unspecified atom stereocenters. The first-order chi connectivity index (χ1) is 7.29. The molecule has 4 heteroatoms. The molecule has 0 spiro atoms. The van der Waals surface area contributed by atoms with Gasteiger partial charge in [-0.3, -0.25) is 4.79 Å². The van der Waals surface area contributed by atoms with Gasteiger partial charge in [0.05, 0.1) is 5.60 Å². The van der Waals surface area contributed by atoms with Gasteiger partial charge in [-0.1, -0.05) is 0 Å². The minimum absolute atomic E-state index is 0.106. The number of piperazine rings is 1. The highest BCUT2D eigenvalue weighted by Gasteiger charge is 2.25. The van der Waals surface area contributed by atoms with Crippen LogP contribution < -0.4 is 0 Å². The molecule has 1 heterocycles. The van der Waals surface area contributed by atoms with Gasteiger partial charge in [0.1, 0.15) is 6.61 Å². The summed E-state index contributed by atoms with van der Waals surface area (Å²) in [5, 5.41) is 0. The number of carbonyl (C=O) groups is 1. The predicted octanol–water partition coefficient (Wildman–Crippen LogP) is 0.964. The van der Waals surface area contributed by atoms with E-state index in [1.807, 2.05) is 25.7 Å². The fraction of sp³-hybridized carbons (Fsp3) is 0.917. The summed E-state index contributed by atoms with van der Waals surface area (Å²) in [5.41, 5.74) is -0.242. The minimum atomic E-state index is -0.242. The molecule has 1 aliphatic rings. The zero-order chi connectivity index (χ0) is 12.3. The Labute approximate surface area is 98.5 Å². The first-order valence-corrected chi connectivity index (χ1v) is 5.91. The molecule has 1 amide bonds. The summed E-state index contributed by atoms with van der Waals surface area (Å²) in [5.74, 6) is 0.106. The number of nitrogens with zero attached hydrogens (tertiary/aromatic N) is 2. The van der Waals surface area contributed by atoms with Crippen LogP contribution >= 0.6 is 0 Å². The predicted molar refractivity (Wildman–Crippen MR) is 64.4 cm³/mol. The lowest BCUT2D eigenvalue weighted by atomic mass is 10.2. The maximum Gasteiger partial charge on any atom is 0.248 e. The van der Waals surface area contributed by atoms with E-state index in [1.54, 1.807) is 0 Å². The third-order valence-electron chi connectivity index (χ3n) is 2.94. The Morgan fingerprint density at radius 1 is 1.38 bits per heavy atom. The molecule has 1 atom stereocenters. The lowest BCUT2D eigenvalue weighted by Gasteiger charge is -2.38. The molecule has 0 aromatic heterocycles. The first-order valence-electron chi connectivity index (χ1n) is 5.91. The Bertz CT molecular complexity index is 248. The summed E-state index contributed by atoms with van der Waals surface area (Å²) in [6, 6.07) is 0.437. The van der Waals surface area contributed by atoms with Gasteiger partial charge in [-0.15, -0.1) is 0 Å². The van der Waals surface area contributed by atoms with E-state index in [4.69, 9.17) is 4.74 Å². The van der Waals surface area contributed by atoms with Crippen LogP contribution in [0.2, 0.25) is 0 Å². The SMILES string of the molecule is CC1CN(C(=O)COC(C)(C)C)CCN1C. The number of carbonyl (C=O) groups excluding carboxylic acids is 1. The van der Waals surface area contributed by atoms with E-state index in [1.165, 1.54) is 0 Å². The molecule has 0 aromatic carbocycles. The molecular formula is C12H24N2O2. The van der Waals surface area contributed by atoms with Crippen molar-refractivity contribution in [3.63, 3.8) is 0 Å². The molecule has 1 saturated heterocycles. The molecule has 1 rings (SSSR count). The average molecular weight is 228 g/mol. The molecule has 0 aliphatic carbocycles. The smallest absolute Gasteiger partial charge is 0.248 e. The summed E-state index contributed by atoms with van der Waals surface area (Å²) < 4.78 is 5.50. The van der Waals surface area contributed by atoms with Crippen molar-refractivity contribution in [2.24, 2.45) is 0 Å². The summed E-state index contributed by atoms with van der Waals surface area (Å²) in [6.07, 6.45) is 0. The average Bonchev–Trinajstić information content (AvgIpc) is 2.17. The number of hydrogen-bond acceptors (Lipinski definition) is 3. The van der Waals surface area contributed by atoms with Crippen molar-refractivity contribution < 1.29 is 9.53 Å². The fourth-order valence-corrected chi connectivity index (χ4v) is 1.64. The van der Waals surface area contributed by atoms with Crippen LogP contribution in [0.15, 0.2) is 0 Å². The van der Waals surface area contributed by atoms with Crippen molar-refractivity contribution in [3.05, 3.63) is 0 Å². The highest BCUT2D eigenvalue weighted by molar-refractivity contribution is 5.77. The first kappa shape index (κ1) is 13.5. The van der Waals surface area contributed by atoms with E-state index in [0.717, 1.165) is 19.6 Å². The van der Waals surface area contributed by atoms with Crippen LogP contribution in [0.1, 0.15) is 27.7 Å². The van der Waals surface area contributed by atoms with Gasteiger partial charge in [0, 0.05) is 25.7 Å². The van der Waals surface area contributed by atoms with Crippen molar-refractivity contribution in [3.8, 4) is 0 Å². The third-order valence-corrected chi connectivity index (χ3v) is 2.94. The highest BCUT2D eigenvalue weighted by Crippen LogP contribution is 2.10. The van der Waals surface area contributed by atoms with Crippen LogP contribution in [-0.2, 0) is 9.53 Å². The van der Waals surface area contributed by atoms with Crippen molar-refractivity contribution in [2.75, 3.05) is 33.3 Å². The van der Waals surface area contributed by atoms with E-state index < -0.39 is 0 Å². The van der Waals surface area contributed by atoms with Crippen LogP contribution in [0.5, 0.6) is 0 Å². The second-order valence-corrected chi connectivity index (χ2v) is 5.57. The van der Waals surface area contributed by atoms with Crippen molar-refractivity contribution in [2.45, 2.75) is 39.3 Å². The lowest BCUT2D eigenvalue weighted by Crippen LogP contribution is -2.53. The second-order valence-electron chi connectivity index (χ2n) is 5.57. The fourth-order valence-electron chi connectivity index (χ4n) is 1.64. The normalized spacial score (nSPS) is 23.6. The molecule has 0 radical (unpaired) electrons. The molecule has 0 N–H and O–H groups in total. The number of amides is 1. The molecule has 0 bridgehead atoms. The quantitative estimate of drug-likeness (QED) is 0.706. The Morgan fingerprint density at radius 3 is 2.50 bits per heavy atom. The summed E-state index contributed by atoms with van der Waals surface area (Å²) in [4.78, 5) is 16.1. The molecule has 94 valence electrons. The van der Waals surface area contributed by atoms with Crippen LogP contribution in [0.25, 0.3) is 0 Å². The Morgan fingerprint density at radius 2 is 2.00 bits per heavy atom. The van der Waals surface area contributed by atoms with E-state index >= 15 is 0 Å². The molecule has 16 heavy (non-hydrogen) atoms. The number of hydrogen-bond donors (Lipinski definition) is 0.